The van der Waals surface area contributed by atoms with E-state index in [-0.39, 0.29) is 0 Å². The lowest BCUT2D eigenvalue weighted by Crippen LogP contribution is -2.40. The largest absolute Gasteiger partial charge is 0.320 e. The first-order chi connectivity index (χ1) is 8.97. The summed E-state index contributed by atoms with van der Waals surface area (Å²) in [7, 11) is 0.159. The molecule has 116 valence electrons. The number of nitrogens with one attached hydrogen (secondary N) is 2. The van der Waals surface area contributed by atoms with Gasteiger partial charge in [0, 0.05) is 20.1 Å². The molecule has 0 heterocycles. The predicted molar refractivity (Wildman–Crippen MR) is 80.5 cm³/mol. The SMILES string of the molecule is CCN(CC)CCCNS(=O)(=O)N(C)CCCNC. The van der Waals surface area contributed by atoms with Crippen LogP contribution in [0.1, 0.15) is 26.7 Å². The third kappa shape index (κ3) is 8.54. The van der Waals surface area contributed by atoms with E-state index in [4.69, 9.17) is 0 Å². The van der Waals surface area contributed by atoms with E-state index in [9.17, 15) is 8.42 Å². The molecule has 0 aromatic rings. The Kier molecular flexibility index (Phi) is 10.4. The lowest BCUT2D eigenvalue weighted by Gasteiger charge is -2.20. The summed E-state index contributed by atoms with van der Waals surface area (Å²) in [6.07, 6.45) is 1.65. The maximum Gasteiger partial charge on any atom is 0.279 e. The Labute approximate surface area is 118 Å². The highest BCUT2D eigenvalue weighted by atomic mass is 32.2. The van der Waals surface area contributed by atoms with Crippen LogP contribution in [-0.4, -0.2) is 71.0 Å². The van der Waals surface area contributed by atoms with Gasteiger partial charge in [-0.3, -0.25) is 0 Å². The Morgan fingerprint density at radius 1 is 1.00 bits per heavy atom. The van der Waals surface area contributed by atoms with E-state index in [2.05, 4.69) is 28.8 Å². The van der Waals surface area contributed by atoms with Gasteiger partial charge < -0.3 is 10.2 Å². The van der Waals surface area contributed by atoms with Gasteiger partial charge in [0.15, 0.2) is 0 Å². The Bertz CT molecular complexity index is 305. The molecule has 0 aromatic heterocycles. The highest BCUT2D eigenvalue weighted by Crippen LogP contribution is 1.96. The topological polar surface area (TPSA) is 64.7 Å². The van der Waals surface area contributed by atoms with E-state index < -0.39 is 10.2 Å². The van der Waals surface area contributed by atoms with Gasteiger partial charge in [0.05, 0.1) is 0 Å². The number of hydrogen-bond donors (Lipinski definition) is 2. The number of rotatable bonds is 12. The first-order valence-electron chi connectivity index (χ1n) is 7.05. The normalized spacial score (nSPS) is 12.5. The molecule has 0 aromatic carbocycles. The molecule has 0 fully saturated rings. The molecule has 2 N–H and O–H groups in total. The molecule has 0 spiro atoms. The average Bonchev–Trinajstić information content (AvgIpc) is 2.39. The van der Waals surface area contributed by atoms with Crippen molar-refractivity contribution >= 4 is 10.2 Å². The monoisotopic (exact) mass is 294 g/mol. The standard InChI is InChI=1S/C12H30N4O2S/c1-5-16(6-2)12-8-10-14-19(17,18)15(4)11-7-9-13-3/h13-14H,5-12H2,1-4H3. The second-order valence-electron chi connectivity index (χ2n) is 4.56. The van der Waals surface area contributed by atoms with Crippen LogP contribution in [0.5, 0.6) is 0 Å². The van der Waals surface area contributed by atoms with Gasteiger partial charge in [-0.25, -0.2) is 4.72 Å². The molecule has 0 rings (SSSR count). The zero-order valence-electron chi connectivity index (χ0n) is 12.8. The molecular weight excluding hydrogens is 264 g/mol. The molecule has 0 unspecified atom stereocenters. The summed E-state index contributed by atoms with van der Waals surface area (Å²) in [5.41, 5.74) is 0. The second-order valence-corrected chi connectivity index (χ2v) is 6.42. The summed E-state index contributed by atoms with van der Waals surface area (Å²) in [4.78, 5) is 2.28. The van der Waals surface area contributed by atoms with Crippen molar-refractivity contribution in [3.8, 4) is 0 Å². The van der Waals surface area contributed by atoms with Crippen LogP contribution in [-0.2, 0) is 10.2 Å². The molecule has 0 saturated carbocycles. The minimum atomic E-state index is -3.32. The van der Waals surface area contributed by atoms with Gasteiger partial charge in [0.25, 0.3) is 10.2 Å². The molecular formula is C12H30N4O2S. The first kappa shape index (κ1) is 18.8. The van der Waals surface area contributed by atoms with Gasteiger partial charge >= 0.3 is 0 Å². The van der Waals surface area contributed by atoms with Gasteiger partial charge in [-0.15, -0.1) is 0 Å². The molecule has 0 saturated heterocycles. The summed E-state index contributed by atoms with van der Waals surface area (Å²) >= 11 is 0. The minimum Gasteiger partial charge on any atom is -0.320 e. The minimum absolute atomic E-state index is 0.495. The Balaban J connectivity index is 3.89. The molecule has 0 amide bonds. The fourth-order valence-electron chi connectivity index (χ4n) is 1.75. The van der Waals surface area contributed by atoms with Crippen molar-refractivity contribution in [3.63, 3.8) is 0 Å². The van der Waals surface area contributed by atoms with Crippen LogP contribution in [0.4, 0.5) is 0 Å². The molecule has 0 aliphatic rings. The third-order valence-corrected chi connectivity index (χ3v) is 4.71. The van der Waals surface area contributed by atoms with Crippen molar-refractivity contribution in [2.75, 3.05) is 53.4 Å². The lowest BCUT2D eigenvalue weighted by molar-refractivity contribution is 0.300. The Morgan fingerprint density at radius 3 is 2.11 bits per heavy atom. The van der Waals surface area contributed by atoms with Crippen LogP contribution < -0.4 is 10.0 Å². The van der Waals surface area contributed by atoms with Crippen LogP contribution >= 0.6 is 0 Å². The van der Waals surface area contributed by atoms with E-state index in [0.29, 0.717) is 13.1 Å². The van der Waals surface area contributed by atoms with Crippen LogP contribution in [0.15, 0.2) is 0 Å². The fraction of sp³-hybridized carbons (Fsp3) is 1.00. The van der Waals surface area contributed by atoms with Crippen molar-refractivity contribution < 1.29 is 8.42 Å². The summed E-state index contributed by atoms with van der Waals surface area (Å²) in [6, 6.07) is 0. The van der Waals surface area contributed by atoms with Crippen molar-refractivity contribution in [1.29, 1.82) is 0 Å². The van der Waals surface area contributed by atoms with Crippen molar-refractivity contribution in [3.05, 3.63) is 0 Å². The van der Waals surface area contributed by atoms with E-state index in [1.165, 1.54) is 4.31 Å². The van der Waals surface area contributed by atoms with Crippen molar-refractivity contribution in [2.24, 2.45) is 0 Å². The van der Waals surface area contributed by atoms with Crippen LogP contribution in [0.25, 0.3) is 0 Å². The van der Waals surface area contributed by atoms with Gasteiger partial charge in [0.1, 0.15) is 0 Å². The molecule has 0 atom stereocenters. The quantitative estimate of drug-likeness (QED) is 0.501. The second kappa shape index (κ2) is 10.6. The summed E-state index contributed by atoms with van der Waals surface area (Å²) < 4.78 is 27.8. The van der Waals surface area contributed by atoms with Gasteiger partial charge in [0.2, 0.25) is 0 Å². The maximum absolute atomic E-state index is 11.9. The molecule has 6 nitrogen and oxygen atoms in total. The summed E-state index contributed by atoms with van der Waals surface area (Å²) in [5, 5.41) is 3.00. The van der Waals surface area contributed by atoms with E-state index in [1.807, 2.05) is 7.05 Å². The average molecular weight is 294 g/mol. The smallest absolute Gasteiger partial charge is 0.279 e. The van der Waals surface area contributed by atoms with E-state index in [0.717, 1.165) is 39.0 Å². The number of hydrogen-bond acceptors (Lipinski definition) is 4. The lowest BCUT2D eigenvalue weighted by atomic mass is 10.4. The molecule has 0 aliphatic heterocycles. The van der Waals surface area contributed by atoms with E-state index >= 15 is 0 Å². The summed E-state index contributed by atoms with van der Waals surface area (Å²) in [5.74, 6) is 0. The van der Waals surface area contributed by atoms with Gasteiger partial charge in [-0.1, -0.05) is 13.8 Å². The van der Waals surface area contributed by atoms with E-state index in [1.54, 1.807) is 7.05 Å². The summed E-state index contributed by atoms with van der Waals surface area (Å²) in [6.45, 7) is 9.02. The van der Waals surface area contributed by atoms with Crippen molar-refractivity contribution in [2.45, 2.75) is 26.7 Å². The zero-order chi connectivity index (χ0) is 14.7. The Morgan fingerprint density at radius 2 is 1.58 bits per heavy atom. The van der Waals surface area contributed by atoms with Crippen LogP contribution in [0, 0.1) is 0 Å². The van der Waals surface area contributed by atoms with Gasteiger partial charge in [-0.2, -0.15) is 12.7 Å². The van der Waals surface area contributed by atoms with Gasteiger partial charge in [-0.05, 0) is 46.1 Å². The highest BCUT2D eigenvalue weighted by Gasteiger charge is 2.15. The zero-order valence-corrected chi connectivity index (χ0v) is 13.6. The molecule has 19 heavy (non-hydrogen) atoms. The highest BCUT2D eigenvalue weighted by molar-refractivity contribution is 7.87. The Hall–Kier alpha value is -0.210. The van der Waals surface area contributed by atoms with Crippen molar-refractivity contribution in [1.82, 2.24) is 19.2 Å². The first-order valence-corrected chi connectivity index (χ1v) is 8.49. The number of nitrogens with zero attached hydrogens (tertiary/aromatic N) is 2. The molecule has 7 heteroatoms. The predicted octanol–water partition coefficient (Wildman–Crippen LogP) is 0.0940. The fourth-order valence-corrected chi connectivity index (χ4v) is 2.74. The van der Waals surface area contributed by atoms with Crippen LogP contribution in [0.2, 0.25) is 0 Å². The molecule has 0 radical (unpaired) electrons. The van der Waals surface area contributed by atoms with Crippen LogP contribution in [0.3, 0.4) is 0 Å². The maximum atomic E-state index is 11.9. The molecule has 0 aliphatic carbocycles. The molecule has 0 bridgehead atoms. The third-order valence-electron chi connectivity index (χ3n) is 3.14.